The Balaban J connectivity index is 2.72. The molecule has 2 aromatic rings. The molecule has 1 atom stereocenters. The lowest BCUT2D eigenvalue weighted by molar-refractivity contribution is -0.387. The topological polar surface area (TPSA) is 155 Å². The number of carbonyl (C=O) groups excluding carboxylic acids is 1. The first-order chi connectivity index (χ1) is 13.2. The van der Waals surface area contributed by atoms with Gasteiger partial charge in [-0.15, -0.1) is 0 Å². The Labute approximate surface area is 161 Å². The number of aryl methyl sites for hydroxylation is 2. The van der Waals surface area contributed by atoms with Crippen molar-refractivity contribution in [3.8, 4) is 5.75 Å². The zero-order valence-electron chi connectivity index (χ0n) is 16.3. The van der Waals surface area contributed by atoms with Crippen LogP contribution in [0.3, 0.4) is 0 Å². The van der Waals surface area contributed by atoms with Gasteiger partial charge in [-0.05, 0) is 20.8 Å². The van der Waals surface area contributed by atoms with E-state index in [2.05, 4.69) is 25.0 Å². The molecule has 1 unspecified atom stereocenters. The van der Waals surface area contributed by atoms with E-state index in [4.69, 9.17) is 10.5 Å². The summed E-state index contributed by atoms with van der Waals surface area (Å²) in [5, 5.41) is 14.6. The third kappa shape index (κ3) is 4.14. The van der Waals surface area contributed by atoms with Crippen LogP contribution in [0, 0.1) is 30.9 Å². The fourth-order valence-corrected chi connectivity index (χ4v) is 2.96. The van der Waals surface area contributed by atoms with Crippen molar-refractivity contribution >= 4 is 17.6 Å². The maximum Gasteiger partial charge on any atom is 0.319 e. The van der Waals surface area contributed by atoms with E-state index in [0.29, 0.717) is 17.0 Å². The van der Waals surface area contributed by atoms with Gasteiger partial charge in [0.2, 0.25) is 5.95 Å². The van der Waals surface area contributed by atoms with E-state index in [1.807, 2.05) is 6.92 Å². The minimum Gasteiger partial charge on any atom is -0.496 e. The molecule has 0 aliphatic rings. The van der Waals surface area contributed by atoms with E-state index in [9.17, 15) is 14.9 Å². The first-order valence-corrected chi connectivity index (χ1v) is 8.29. The van der Waals surface area contributed by atoms with Gasteiger partial charge >= 0.3 is 11.7 Å². The van der Waals surface area contributed by atoms with E-state index in [0.717, 1.165) is 5.56 Å². The van der Waals surface area contributed by atoms with Gasteiger partial charge in [-0.3, -0.25) is 25.2 Å². The second-order valence-electron chi connectivity index (χ2n) is 6.03. The molecule has 3 N–H and O–H groups in total. The number of nitrogens with zero attached hydrogens (tertiary/aromatic N) is 4. The molecule has 2 rings (SSSR count). The lowest BCUT2D eigenvalue weighted by atomic mass is 10.0. The van der Waals surface area contributed by atoms with Crippen molar-refractivity contribution in [2.45, 2.75) is 26.8 Å². The van der Waals surface area contributed by atoms with Crippen LogP contribution in [-0.2, 0) is 9.53 Å². The number of nitro groups is 1. The molecule has 28 heavy (non-hydrogen) atoms. The molecule has 0 saturated carbocycles. The van der Waals surface area contributed by atoms with Crippen LogP contribution in [0.15, 0.2) is 6.20 Å². The number of pyridine rings is 1. The minimum absolute atomic E-state index is 0.000379. The molecule has 0 amide bonds. The normalized spacial score (nSPS) is 11.8. The van der Waals surface area contributed by atoms with Gasteiger partial charge in [-0.1, -0.05) is 0 Å². The summed E-state index contributed by atoms with van der Waals surface area (Å²) in [6.45, 7) is 4.84. The number of hydrogen-bond acceptors (Lipinski definition) is 10. The van der Waals surface area contributed by atoms with Gasteiger partial charge in [0.05, 0.1) is 31.4 Å². The van der Waals surface area contributed by atoms with Gasteiger partial charge in [0.15, 0.2) is 0 Å². The summed E-state index contributed by atoms with van der Waals surface area (Å²) >= 11 is 0. The lowest BCUT2D eigenvalue weighted by Crippen LogP contribution is -2.32. The standard InChI is InChI=1S/C17H22N6O5/c1-8-6-19-12(9(2)16(8)28-5)13(20-7-11(24)27-4)14-15(23(25)26)10(3)21-17(18)22-14/h6,13,20H,7H2,1-5H3,(H2,18,21,22). The molecule has 0 saturated heterocycles. The molecule has 0 bridgehead atoms. The molecule has 150 valence electrons. The second-order valence-corrected chi connectivity index (χ2v) is 6.03. The highest BCUT2D eigenvalue weighted by Gasteiger charge is 2.32. The van der Waals surface area contributed by atoms with Crippen LogP contribution in [0.25, 0.3) is 0 Å². The van der Waals surface area contributed by atoms with Gasteiger partial charge in [-0.2, -0.15) is 0 Å². The highest BCUT2D eigenvalue weighted by Crippen LogP contribution is 2.34. The van der Waals surface area contributed by atoms with Crippen LogP contribution in [0.2, 0.25) is 0 Å². The van der Waals surface area contributed by atoms with Crippen LogP contribution in [0.5, 0.6) is 5.75 Å². The van der Waals surface area contributed by atoms with E-state index < -0.39 is 16.9 Å². The summed E-state index contributed by atoms with van der Waals surface area (Å²) in [5.41, 5.74) is 7.38. The second kappa shape index (κ2) is 8.57. The summed E-state index contributed by atoms with van der Waals surface area (Å²) in [5.74, 6) is -0.0981. The summed E-state index contributed by atoms with van der Waals surface area (Å²) in [7, 11) is 2.76. The molecule has 0 aliphatic carbocycles. The predicted molar refractivity (Wildman–Crippen MR) is 100.0 cm³/mol. The Morgan fingerprint density at radius 3 is 2.54 bits per heavy atom. The Bertz CT molecular complexity index is 917. The monoisotopic (exact) mass is 390 g/mol. The van der Waals surface area contributed by atoms with Crippen LogP contribution < -0.4 is 15.8 Å². The van der Waals surface area contributed by atoms with E-state index in [1.54, 1.807) is 13.1 Å². The smallest absolute Gasteiger partial charge is 0.319 e. The van der Waals surface area contributed by atoms with E-state index >= 15 is 0 Å². The van der Waals surface area contributed by atoms with Crippen LogP contribution in [0.1, 0.15) is 34.3 Å². The van der Waals surface area contributed by atoms with Crippen molar-refractivity contribution in [1.29, 1.82) is 0 Å². The summed E-state index contributed by atoms with van der Waals surface area (Å²) in [4.78, 5) is 35.1. The lowest BCUT2D eigenvalue weighted by Gasteiger charge is -2.21. The Morgan fingerprint density at radius 1 is 1.29 bits per heavy atom. The maximum absolute atomic E-state index is 11.7. The van der Waals surface area contributed by atoms with Crippen molar-refractivity contribution in [2.24, 2.45) is 0 Å². The fraction of sp³-hybridized carbons (Fsp3) is 0.412. The highest BCUT2D eigenvalue weighted by molar-refractivity contribution is 5.71. The Hall–Kier alpha value is -3.34. The first-order valence-electron chi connectivity index (χ1n) is 8.29. The number of esters is 1. The number of carbonyl (C=O) groups is 1. The Morgan fingerprint density at radius 2 is 1.96 bits per heavy atom. The van der Waals surface area contributed by atoms with Crippen LogP contribution in [-0.4, -0.2) is 46.6 Å². The van der Waals surface area contributed by atoms with Crippen molar-refractivity contribution in [1.82, 2.24) is 20.3 Å². The summed E-state index contributed by atoms with van der Waals surface area (Å²) in [6, 6.07) is -0.919. The van der Waals surface area contributed by atoms with Crippen molar-refractivity contribution in [3.05, 3.63) is 44.5 Å². The molecule has 2 aromatic heterocycles. The highest BCUT2D eigenvalue weighted by atomic mass is 16.6. The number of nitrogens with two attached hydrogens (primary N) is 1. The summed E-state index contributed by atoms with van der Waals surface area (Å²) < 4.78 is 10.1. The average molecular weight is 390 g/mol. The minimum atomic E-state index is -0.919. The molecule has 0 aliphatic heterocycles. The van der Waals surface area contributed by atoms with Gasteiger partial charge in [0.1, 0.15) is 23.2 Å². The quantitative estimate of drug-likeness (QED) is 0.399. The number of ether oxygens (including phenoxy) is 2. The molecule has 0 aromatic carbocycles. The third-order valence-corrected chi connectivity index (χ3v) is 4.19. The molecule has 0 radical (unpaired) electrons. The SMILES string of the molecule is COC(=O)CNC(c1ncc(C)c(OC)c1C)c1nc(N)nc(C)c1[N+](=O)[O-]. The number of aromatic nitrogens is 3. The average Bonchev–Trinajstić information content (AvgIpc) is 2.62. The maximum atomic E-state index is 11.7. The number of rotatable bonds is 7. The number of anilines is 1. The zero-order valence-corrected chi connectivity index (χ0v) is 16.3. The third-order valence-electron chi connectivity index (χ3n) is 4.19. The number of hydrogen-bond donors (Lipinski definition) is 2. The molecule has 0 fully saturated rings. The molecular weight excluding hydrogens is 368 g/mol. The van der Waals surface area contributed by atoms with E-state index in [1.165, 1.54) is 21.1 Å². The largest absolute Gasteiger partial charge is 0.496 e. The van der Waals surface area contributed by atoms with Gasteiger partial charge in [0.25, 0.3) is 0 Å². The number of nitrogens with one attached hydrogen (secondary N) is 1. The molecular formula is C17H22N6O5. The van der Waals surface area contributed by atoms with Gasteiger partial charge < -0.3 is 15.2 Å². The van der Waals surface area contributed by atoms with Crippen molar-refractivity contribution < 1.29 is 19.2 Å². The first kappa shape index (κ1) is 21.0. The number of methoxy groups -OCH3 is 2. The van der Waals surface area contributed by atoms with Crippen molar-refractivity contribution in [2.75, 3.05) is 26.5 Å². The van der Waals surface area contributed by atoms with Gasteiger partial charge in [-0.25, -0.2) is 9.97 Å². The molecule has 0 spiro atoms. The van der Waals surface area contributed by atoms with Crippen LogP contribution >= 0.6 is 0 Å². The zero-order chi connectivity index (χ0) is 21.0. The molecule has 11 heteroatoms. The molecule has 2 heterocycles. The van der Waals surface area contributed by atoms with Crippen molar-refractivity contribution in [3.63, 3.8) is 0 Å². The fourth-order valence-electron chi connectivity index (χ4n) is 2.96. The molecule has 11 nitrogen and oxygen atoms in total. The summed E-state index contributed by atoms with van der Waals surface area (Å²) in [6.07, 6.45) is 1.58. The number of nitrogen functional groups attached to an aromatic ring is 1. The van der Waals surface area contributed by atoms with Crippen LogP contribution in [0.4, 0.5) is 11.6 Å². The Kier molecular flexibility index (Phi) is 6.41. The predicted octanol–water partition coefficient (Wildman–Crippen LogP) is 1.15. The van der Waals surface area contributed by atoms with E-state index in [-0.39, 0.29) is 29.6 Å². The van der Waals surface area contributed by atoms with Gasteiger partial charge in [0, 0.05) is 17.3 Å².